The summed E-state index contributed by atoms with van der Waals surface area (Å²) in [5, 5.41) is 30.5. The number of ketones is 1. The van der Waals surface area contributed by atoms with Crippen molar-refractivity contribution < 1.29 is 9.90 Å². The molecule has 0 bridgehead atoms. The Hall–Kier alpha value is -4.19. The van der Waals surface area contributed by atoms with Crippen LogP contribution in [0.4, 0.5) is 17.1 Å². The molecular formula is C34H35B2N4O2-. The molecule has 0 saturated carbocycles. The van der Waals surface area contributed by atoms with Gasteiger partial charge in [-0.05, 0) is 60.5 Å². The van der Waals surface area contributed by atoms with Crippen LogP contribution in [0, 0.1) is 13.8 Å². The predicted octanol–water partition coefficient (Wildman–Crippen LogP) is 5.57. The number of benzene rings is 4. The number of nitrogens with one attached hydrogen (secondary N) is 3. The van der Waals surface area contributed by atoms with Crippen LogP contribution in [0.15, 0.2) is 59.2 Å². The topological polar surface area (TPSA) is 88.6 Å². The largest absolute Gasteiger partial charge is 0.871 e. The summed E-state index contributed by atoms with van der Waals surface area (Å²) >= 11 is 0. The van der Waals surface area contributed by atoms with Crippen molar-refractivity contribution >= 4 is 69.5 Å². The van der Waals surface area contributed by atoms with Gasteiger partial charge < -0.3 is 25.7 Å². The van der Waals surface area contributed by atoms with Gasteiger partial charge in [0.2, 0.25) is 0 Å². The molecule has 0 spiro atoms. The van der Waals surface area contributed by atoms with E-state index in [0.717, 1.165) is 87.9 Å². The fourth-order valence-corrected chi connectivity index (χ4v) is 6.87. The number of aryl methyl sites for hydroxylation is 2. The van der Waals surface area contributed by atoms with Gasteiger partial charge in [-0.2, -0.15) is 0 Å². The zero-order valence-corrected chi connectivity index (χ0v) is 24.8. The van der Waals surface area contributed by atoms with Crippen molar-refractivity contribution in [3.63, 3.8) is 0 Å². The molecule has 42 heavy (non-hydrogen) atoms. The second-order valence-corrected chi connectivity index (χ2v) is 12.1. The van der Waals surface area contributed by atoms with Crippen LogP contribution in [-0.2, 0) is 4.79 Å². The van der Waals surface area contributed by atoms with Gasteiger partial charge in [0.25, 0.3) is 0 Å². The lowest BCUT2D eigenvalue weighted by molar-refractivity contribution is -0.292. The highest BCUT2D eigenvalue weighted by atomic mass is 16.3. The van der Waals surface area contributed by atoms with Gasteiger partial charge in [0, 0.05) is 49.8 Å². The summed E-state index contributed by atoms with van der Waals surface area (Å²) in [5.74, 6) is -0.393. The molecule has 2 heterocycles. The summed E-state index contributed by atoms with van der Waals surface area (Å²) < 4.78 is 0. The van der Waals surface area contributed by atoms with E-state index in [4.69, 9.17) is 4.90 Å². The van der Waals surface area contributed by atoms with E-state index in [-0.39, 0.29) is 36.7 Å². The number of nitrogens with zero attached hydrogens (tertiary/aromatic N) is 1. The monoisotopic (exact) mass is 553 g/mol. The fourth-order valence-electron chi connectivity index (χ4n) is 6.87. The maximum Gasteiger partial charge on any atom is 0.392 e. The minimum absolute atomic E-state index is 0.0381. The number of allylic oxidation sites excluding steroid dienone is 2. The summed E-state index contributed by atoms with van der Waals surface area (Å²) in [5.41, 5.74) is 6.51. The first-order valence-corrected chi connectivity index (χ1v) is 15.4. The van der Waals surface area contributed by atoms with E-state index in [1.165, 1.54) is 5.56 Å². The number of hydrogen-bond donors (Lipinski definition) is 3. The second-order valence-electron chi connectivity index (χ2n) is 12.1. The Morgan fingerprint density at radius 1 is 0.786 bits per heavy atom. The molecule has 0 amide bonds. The summed E-state index contributed by atoms with van der Waals surface area (Å²) in [7, 11) is 0. The molecule has 0 radical (unpaired) electrons. The molecule has 210 valence electrons. The molecule has 8 heteroatoms. The number of rotatable bonds is 7. The first-order chi connectivity index (χ1) is 20.4. The van der Waals surface area contributed by atoms with E-state index in [1.807, 2.05) is 24.3 Å². The molecule has 6 nitrogen and oxygen atoms in total. The molecule has 0 atom stereocenters. The van der Waals surface area contributed by atoms with Crippen molar-refractivity contribution in [3.05, 3.63) is 81.6 Å². The third-order valence-corrected chi connectivity index (χ3v) is 8.88. The van der Waals surface area contributed by atoms with E-state index in [9.17, 15) is 9.90 Å². The van der Waals surface area contributed by atoms with Crippen LogP contribution in [0.2, 0.25) is 12.6 Å². The molecule has 0 saturated heterocycles. The molecular weight excluding hydrogens is 518 g/mol. The van der Waals surface area contributed by atoms with Crippen LogP contribution in [0.25, 0.3) is 32.7 Å². The van der Waals surface area contributed by atoms with Crippen LogP contribution in [-0.4, -0.2) is 19.7 Å². The number of carbonyl (C=O) groups is 1. The molecule has 2 aliphatic heterocycles. The second kappa shape index (κ2) is 10.3. The number of carbonyl (C=O) groups excluding carboxylic acids is 1. The van der Waals surface area contributed by atoms with Crippen LogP contribution in [0.5, 0.6) is 0 Å². The number of anilines is 3. The highest BCUT2D eigenvalue weighted by Crippen LogP contribution is 2.45. The van der Waals surface area contributed by atoms with Gasteiger partial charge in [0.05, 0.1) is 5.36 Å². The standard InChI is InChI=1S/C34H36B2N4O2/c1-5-7-13-35-37-25-17-19(3)15-21-9-11-23(31(39-35)27(21)25)29-33(41)30(34(29)42)24-12-10-22-16-20(4)18-26-28(22)32(24)40-36(38-26)14-8-6-2/h9-12,15-18,37-39,41H,5-8,13-14H2,1-4H3/p-1/b30-24+. The first-order valence-electron chi connectivity index (χ1n) is 15.4. The van der Waals surface area contributed by atoms with E-state index in [0.29, 0.717) is 10.8 Å². The van der Waals surface area contributed by atoms with Gasteiger partial charge in [0.1, 0.15) is 0 Å². The summed E-state index contributed by atoms with van der Waals surface area (Å²) in [6.45, 7) is 8.50. The normalized spacial score (nSPS) is 16.7. The third-order valence-electron chi connectivity index (χ3n) is 8.88. The predicted molar refractivity (Wildman–Crippen MR) is 175 cm³/mol. The molecule has 0 aromatic heterocycles. The van der Waals surface area contributed by atoms with Crippen molar-refractivity contribution in [1.82, 2.24) is 0 Å². The van der Waals surface area contributed by atoms with E-state index >= 15 is 0 Å². The number of hydrogen-bond acceptors (Lipinski definition) is 6. The third kappa shape index (κ3) is 4.19. The van der Waals surface area contributed by atoms with Gasteiger partial charge in [-0.25, -0.2) is 0 Å². The molecule has 0 fully saturated rings. The van der Waals surface area contributed by atoms with Crippen molar-refractivity contribution in [2.24, 2.45) is 4.90 Å². The van der Waals surface area contributed by atoms with Gasteiger partial charge >= 0.3 is 14.0 Å². The van der Waals surface area contributed by atoms with Crippen LogP contribution in [0.3, 0.4) is 0 Å². The smallest absolute Gasteiger partial charge is 0.392 e. The van der Waals surface area contributed by atoms with E-state index in [1.54, 1.807) is 0 Å². The Bertz CT molecular complexity index is 1970. The summed E-state index contributed by atoms with van der Waals surface area (Å²) in [6, 6.07) is 16.5. The summed E-state index contributed by atoms with van der Waals surface area (Å²) in [4.78, 5) is 19.1. The minimum Gasteiger partial charge on any atom is -0.871 e. The molecule has 4 aromatic rings. The van der Waals surface area contributed by atoms with Crippen LogP contribution >= 0.6 is 0 Å². The van der Waals surface area contributed by atoms with Crippen molar-refractivity contribution in [2.75, 3.05) is 15.7 Å². The van der Waals surface area contributed by atoms with Gasteiger partial charge in [-0.1, -0.05) is 81.7 Å². The Morgan fingerprint density at radius 3 is 2.17 bits per heavy atom. The zero-order chi connectivity index (χ0) is 29.1. The lowest BCUT2D eigenvalue weighted by atomic mass is 9.67. The van der Waals surface area contributed by atoms with Crippen LogP contribution in [0.1, 0.15) is 56.2 Å². The summed E-state index contributed by atoms with van der Waals surface area (Å²) in [6.07, 6.45) is 6.15. The van der Waals surface area contributed by atoms with Gasteiger partial charge in [0.15, 0.2) is 5.78 Å². The Morgan fingerprint density at radius 2 is 1.45 bits per heavy atom. The van der Waals surface area contributed by atoms with Gasteiger partial charge in [-0.15, -0.1) is 0 Å². The fraction of sp³-hybridized carbons (Fsp3) is 0.294. The van der Waals surface area contributed by atoms with Crippen molar-refractivity contribution in [1.29, 1.82) is 0 Å². The molecule has 3 N–H and O–H groups in total. The molecule has 3 aliphatic rings. The Balaban J connectivity index is 1.43. The number of Topliss-reactive ketones (excluding diaryl/α,β-unsaturated/α-hetero) is 1. The highest BCUT2D eigenvalue weighted by Gasteiger charge is 2.34. The van der Waals surface area contributed by atoms with E-state index < -0.39 is 0 Å². The number of unbranched alkanes of at least 4 members (excludes halogenated alkanes) is 2. The molecule has 7 rings (SSSR count). The maximum absolute atomic E-state index is 14.0. The van der Waals surface area contributed by atoms with Crippen molar-refractivity contribution in [3.8, 4) is 0 Å². The average Bonchev–Trinajstić information content (AvgIpc) is 2.97. The van der Waals surface area contributed by atoms with Crippen LogP contribution < -0.4 is 31.4 Å². The zero-order valence-electron chi connectivity index (χ0n) is 24.8. The minimum atomic E-state index is -0.196. The van der Waals surface area contributed by atoms with Crippen molar-refractivity contribution in [2.45, 2.75) is 66.0 Å². The lowest BCUT2D eigenvalue weighted by Crippen LogP contribution is -2.43. The SMILES string of the molecule is CCCCB1N=c2/c(=C3/C(=O)C(c4ccc5cc(C)cc6c5c4NB(CCCC)N6)=C3[O-])ccc3cc(C)cc(c23)N1. The Kier molecular flexibility index (Phi) is 6.52. The first kappa shape index (κ1) is 26.7. The highest BCUT2D eigenvalue weighted by molar-refractivity contribution is 6.68. The lowest BCUT2D eigenvalue weighted by Gasteiger charge is -2.35. The quantitative estimate of drug-likeness (QED) is 0.261. The molecule has 4 aromatic carbocycles. The molecule has 0 unspecified atom stereocenters. The Labute approximate surface area is 247 Å². The maximum atomic E-state index is 14.0. The molecule has 1 aliphatic carbocycles. The van der Waals surface area contributed by atoms with Gasteiger partial charge in [-0.3, -0.25) is 4.79 Å². The van der Waals surface area contributed by atoms with E-state index in [2.05, 4.69) is 67.6 Å². The average molecular weight is 553 g/mol.